The molecule has 0 saturated heterocycles. The fourth-order valence-electron chi connectivity index (χ4n) is 4.57. The van der Waals surface area contributed by atoms with E-state index in [2.05, 4.69) is 31.4 Å². The van der Waals surface area contributed by atoms with Gasteiger partial charge in [0.1, 0.15) is 0 Å². The fraction of sp³-hybridized carbons (Fsp3) is 0.320. The number of nitrogens with one attached hydrogen (secondary N) is 1. The third-order valence-corrected chi connectivity index (χ3v) is 6.48. The second-order valence-electron chi connectivity index (χ2n) is 9.13. The molecule has 0 radical (unpaired) electrons. The number of hydrogen-bond donors (Lipinski definition) is 2. The van der Waals surface area contributed by atoms with E-state index < -0.39 is 17.8 Å². The highest BCUT2D eigenvalue weighted by Crippen LogP contribution is 2.52. The summed E-state index contributed by atoms with van der Waals surface area (Å²) in [7, 11) is 0. The summed E-state index contributed by atoms with van der Waals surface area (Å²) in [5, 5.41) is 17.5. The average Bonchev–Trinajstić information content (AvgIpc) is 3.47. The van der Waals surface area contributed by atoms with Crippen molar-refractivity contribution in [3.05, 3.63) is 70.7 Å². The molecule has 0 unspecified atom stereocenters. The molecule has 1 aliphatic carbocycles. The van der Waals surface area contributed by atoms with Gasteiger partial charge in [0.15, 0.2) is 11.5 Å². The molecule has 0 spiro atoms. The Balaban J connectivity index is 1.39. The Labute approximate surface area is 204 Å². The highest BCUT2D eigenvalue weighted by atomic mass is 19.3. The van der Waals surface area contributed by atoms with Gasteiger partial charge in [-0.25, -0.2) is 0 Å². The maximum atomic E-state index is 13.4. The van der Waals surface area contributed by atoms with Crippen LogP contribution in [0, 0.1) is 0 Å². The third-order valence-electron chi connectivity index (χ3n) is 6.48. The number of amides is 1. The van der Waals surface area contributed by atoms with Gasteiger partial charge in [-0.2, -0.15) is 0 Å². The number of aliphatic hydroxyl groups excluding tert-OH is 1. The molecule has 1 amide bonds. The number of allylic oxidation sites excluding steroid dienone is 1. The summed E-state index contributed by atoms with van der Waals surface area (Å²) >= 11 is 0. The predicted molar refractivity (Wildman–Crippen MR) is 129 cm³/mol. The first-order chi connectivity index (χ1) is 17.1. The van der Waals surface area contributed by atoms with Gasteiger partial charge < -0.3 is 24.5 Å². The first-order valence-electron chi connectivity index (χ1n) is 11.3. The minimum Gasteiger partial charge on any atom is -0.395 e. The van der Waals surface area contributed by atoms with E-state index in [1.165, 1.54) is 12.1 Å². The van der Waals surface area contributed by atoms with Crippen LogP contribution in [0.1, 0.15) is 31.0 Å². The van der Waals surface area contributed by atoms with Crippen molar-refractivity contribution in [2.45, 2.75) is 44.1 Å². The van der Waals surface area contributed by atoms with Crippen molar-refractivity contribution in [1.82, 2.24) is 4.57 Å². The second-order valence-corrected chi connectivity index (χ2v) is 9.13. The summed E-state index contributed by atoms with van der Waals surface area (Å²) in [6.07, 6.45) is -3.43. The Bertz CT molecular complexity index is 1440. The summed E-state index contributed by atoms with van der Waals surface area (Å²) < 4.78 is 37.7. The molecule has 1 aliphatic heterocycles. The molecule has 1 atom stereocenters. The monoisotopic (exact) mass is 495 g/mol. The number of nitrogens with zero attached hydrogens (tertiary/aromatic N) is 4. The van der Waals surface area contributed by atoms with Crippen molar-refractivity contribution in [2.75, 3.05) is 11.9 Å². The Kier molecular flexibility index (Phi) is 5.61. The van der Waals surface area contributed by atoms with Crippen LogP contribution in [0.25, 0.3) is 26.9 Å². The first kappa shape index (κ1) is 23.7. The van der Waals surface area contributed by atoms with Crippen LogP contribution in [-0.2, 0) is 16.8 Å². The number of benzene rings is 2. The molecule has 1 aromatic heterocycles. The molecule has 5 rings (SSSR count). The third kappa shape index (κ3) is 4.23. The number of alkyl halides is 2. The normalized spacial score (nSPS) is 17.3. The van der Waals surface area contributed by atoms with Crippen molar-refractivity contribution in [2.24, 2.45) is 5.11 Å². The summed E-state index contributed by atoms with van der Waals surface area (Å²) in [4.78, 5) is 15.9. The maximum absolute atomic E-state index is 13.4. The van der Waals surface area contributed by atoms with Gasteiger partial charge in [-0.05, 0) is 72.8 Å². The Hall–Kier alpha value is -4.08. The summed E-state index contributed by atoms with van der Waals surface area (Å²) in [5.74, 6) is -0.390. The highest BCUT2D eigenvalue weighted by Gasteiger charge is 2.52. The number of rotatable bonds is 8. The van der Waals surface area contributed by atoms with Crippen molar-refractivity contribution < 1.29 is 28.2 Å². The van der Waals surface area contributed by atoms with Gasteiger partial charge in [-0.1, -0.05) is 17.8 Å². The molecular weight excluding hydrogens is 472 g/mol. The largest absolute Gasteiger partial charge is 0.586 e. The quantitative estimate of drug-likeness (QED) is 0.249. The Morgan fingerprint density at radius 3 is 2.69 bits per heavy atom. The number of anilines is 1. The van der Waals surface area contributed by atoms with E-state index in [9.17, 15) is 18.7 Å². The van der Waals surface area contributed by atoms with E-state index in [1.54, 1.807) is 12.1 Å². The first-order valence-corrected chi connectivity index (χ1v) is 11.3. The number of ether oxygens (including phenoxy) is 2. The van der Waals surface area contributed by atoms with Gasteiger partial charge in [0.25, 0.3) is 0 Å². The van der Waals surface area contributed by atoms with Crippen LogP contribution in [0.15, 0.2) is 54.2 Å². The minimum absolute atomic E-state index is 0.0560. The van der Waals surface area contributed by atoms with Crippen LogP contribution in [0.5, 0.6) is 11.5 Å². The van der Waals surface area contributed by atoms with Crippen LogP contribution in [0.2, 0.25) is 0 Å². The average molecular weight is 495 g/mol. The van der Waals surface area contributed by atoms with Gasteiger partial charge in [0, 0.05) is 33.7 Å². The van der Waals surface area contributed by atoms with Crippen molar-refractivity contribution in [3.8, 4) is 11.5 Å². The van der Waals surface area contributed by atoms with Gasteiger partial charge in [0.2, 0.25) is 5.91 Å². The van der Waals surface area contributed by atoms with Crippen molar-refractivity contribution >= 4 is 28.1 Å². The standard InChI is InChI=1S/C25H23F2N5O4/c1-14(2)20-10-15-9-17(4-5-19(15)32(20)13-18(33)12-29-31-28)30-23(34)24(7-8-24)16-3-6-21-22(11-16)36-25(26,27)35-21/h3-6,9-11,18,33H,1,7-8,12-13H2,2H3,(H,30,34)/t18-/m0/s1. The number of halogens is 2. The molecule has 3 aromatic rings. The zero-order chi connectivity index (χ0) is 25.7. The van der Waals surface area contributed by atoms with E-state index in [0.717, 1.165) is 22.2 Å². The Morgan fingerprint density at radius 1 is 1.25 bits per heavy atom. The number of aromatic nitrogens is 1. The molecule has 2 aliphatic rings. The molecule has 186 valence electrons. The van der Waals surface area contributed by atoms with Gasteiger partial charge in [0.05, 0.1) is 18.1 Å². The summed E-state index contributed by atoms with van der Waals surface area (Å²) in [5.41, 5.74) is 11.3. The number of aliphatic hydroxyl groups is 1. The van der Waals surface area contributed by atoms with E-state index in [0.29, 0.717) is 24.1 Å². The zero-order valence-electron chi connectivity index (χ0n) is 19.4. The lowest BCUT2D eigenvalue weighted by Crippen LogP contribution is -2.27. The van der Waals surface area contributed by atoms with E-state index in [4.69, 9.17) is 5.53 Å². The molecule has 11 heteroatoms. The number of carbonyl (C=O) groups is 1. The van der Waals surface area contributed by atoms with Gasteiger partial charge >= 0.3 is 6.29 Å². The predicted octanol–water partition coefficient (Wildman–Crippen LogP) is 5.34. The summed E-state index contributed by atoms with van der Waals surface area (Å²) in [6, 6.07) is 11.8. The highest BCUT2D eigenvalue weighted by molar-refractivity contribution is 6.02. The number of carbonyl (C=O) groups excluding carboxylic acids is 1. The maximum Gasteiger partial charge on any atom is 0.586 e. The number of azide groups is 1. The smallest absolute Gasteiger partial charge is 0.395 e. The fourth-order valence-corrected chi connectivity index (χ4v) is 4.57. The van der Waals surface area contributed by atoms with Crippen LogP contribution in [0.3, 0.4) is 0 Å². The molecule has 1 fully saturated rings. The molecule has 0 bridgehead atoms. The molecule has 2 aromatic carbocycles. The SMILES string of the molecule is C=C(C)c1cc2cc(NC(=O)C3(c4ccc5c(c4)OC(F)(F)O5)CC3)ccc2n1C[C@@H](O)CN=[N+]=[N-]. The molecule has 9 nitrogen and oxygen atoms in total. The van der Waals surface area contributed by atoms with Crippen LogP contribution in [-0.4, -0.2) is 34.5 Å². The molecule has 2 N–H and O–H groups in total. The number of fused-ring (bicyclic) bond motifs is 2. The Morgan fingerprint density at radius 2 is 2.00 bits per heavy atom. The summed E-state index contributed by atoms with van der Waals surface area (Å²) in [6.45, 7) is 6.02. The van der Waals surface area contributed by atoms with Crippen LogP contribution >= 0.6 is 0 Å². The molecule has 36 heavy (non-hydrogen) atoms. The van der Waals surface area contributed by atoms with E-state index in [1.807, 2.05) is 29.7 Å². The van der Waals surface area contributed by atoms with Crippen LogP contribution < -0.4 is 14.8 Å². The van der Waals surface area contributed by atoms with Crippen molar-refractivity contribution in [3.63, 3.8) is 0 Å². The zero-order valence-corrected chi connectivity index (χ0v) is 19.4. The molecular formula is C25H23F2N5O4. The topological polar surface area (TPSA) is 121 Å². The molecule has 1 saturated carbocycles. The lowest BCUT2D eigenvalue weighted by molar-refractivity contribution is -0.286. The van der Waals surface area contributed by atoms with Crippen molar-refractivity contribution in [1.29, 1.82) is 0 Å². The molecule has 2 heterocycles. The van der Waals surface area contributed by atoms with E-state index in [-0.39, 0.29) is 30.5 Å². The van der Waals surface area contributed by atoms with Gasteiger partial charge in [-0.3, -0.25) is 4.79 Å². The lowest BCUT2D eigenvalue weighted by atomic mass is 9.94. The lowest BCUT2D eigenvalue weighted by Gasteiger charge is -2.17. The minimum atomic E-state index is -3.71. The van der Waals surface area contributed by atoms with E-state index >= 15 is 0 Å². The second kappa shape index (κ2) is 8.54. The van der Waals surface area contributed by atoms with Crippen LogP contribution in [0.4, 0.5) is 14.5 Å². The van der Waals surface area contributed by atoms with Gasteiger partial charge in [-0.15, -0.1) is 8.78 Å². The number of hydrogen-bond acceptors (Lipinski definition) is 5.